The van der Waals surface area contributed by atoms with Crippen LogP contribution < -0.4 is 9.47 Å². The third-order valence-corrected chi connectivity index (χ3v) is 4.46. The van der Waals surface area contributed by atoms with E-state index in [1.54, 1.807) is 14.2 Å². The van der Waals surface area contributed by atoms with Crippen molar-refractivity contribution in [2.75, 3.05) is 14.2 Å². The fourth-order valence-corrected chi connectivity index (χ4v) is 2.46. The number of rotatable bonds is 7. The summed E-state index contributed by atoms with van der Waals surface area (Å²) in [7, 11) is 3.36. The summed E-state index contributed by atoms with van der Waals surface area (Å²) in [6.45, 7) is 10.6. The smallest absolute Gasteiger partial charge is 0.123 e. The minimum atomic E-state index is -0.282. The van der Waals surface area contributed by atoms with Gasteiger partial charge in [0.15, 0.2) is 0 Å². The lowest BCUT2D eigenvalue weighted by atomic mass is 9.77. The van der Waals surface area contributed by atoms with Crippen molar-refractivity contribution < 1.29 is 14.3 Å². The molecule has 0 fully saturated rings. The molecule has 0 N–H and O–H groups in total. The van der Waals surface area contributed by atoms with Gasteiger partial charge in [-0.3, -0.25) is 0 Å². The molecule has 0 aromatic heterocycles. The zero-order valence-electron chi connectivity index (χ0n) is 14.4. The van der Waals surface area contributed by atoms with Crippen LogP contribution in [0.3, 0.4) is 0 Å². The zero-order valence-corrected chi connectivity index (χ0v) is 14.4. The van der Waals surface area contributed by atoms with Gasteiger partial charge in [-0.1, -0.05) is 34.6 Å². The van der Waals surface area contributed by atoms with Crippen LogP contribution in [-0.2, 0) is 15.6 Å². The molecule has 0 amide bonds. The highest BCUT2D eigenvalue weighted by Gasteiger charge is 2.29. The molecule has 118 valence electrons. The third-order valence-electron chi connectivity index (χ3n) is 4.46. The highest BCUT2D eigenvalue weighted by Crippen LogP contribution is 2.43. The number of benzene rings is 1. The van der Waals surface area contributed by atoms with Crippen LogP contribution in [0.25, 0.3) is 0 Å². The molecule has 0 unspecified atom stereocenters. The summed E-state index contributed by atoms with van der Waals surface area (Å²) >= 11 is 0. The first-order chi connectivity index (χ1) is 9.73. The summed E-state index contributed by atoms with van der Waals surface area (Å²) in [6, 6.07) is 4.08. The first-order valence-electron chi connectivity index (χ1n) is 7.44. The lowest BCUT2D eigenvalue weighted by Gasteiger charge is -2.30. The Bertz CT molecular complexity index is 501. The Labute approximate surface area is 128 Å². The summed E-state index contributed by atoms with van der Waals surface area (Å²) in [5.41, 5.74) is 1.86. The van der Waals surface area contributed by atoms with Crippen LogP contribution in [0, 0.1) is 0 Å². The molecule has 0 radical (unpaired) electrons. The van der Waals surface area contributed by atoms with Crippen molar-refractivity contribution in [2.24, 2.45) is 0 Å². The van der Waals surface area contributed by atoms with Gasteiger partial charge in [-0.25, -0.2) is 0 Å². The lowest BCUT2D eigenvalue weighted by Crippen LogP contribution is -2.22. The maximum Gasteiger partial charge on any atom is 0.123 e. The topological polar surface area (TPSA) is 35.5 Å². The molecule has 3 nitrogen and oxygen atoms in total. The Kier molecular flexibility index (Phi) is 5.43. The Morgan fingerprint density at radius 2 is 1.38 bits per heavy atom. The van der Waals surface area contributed by atoms with Gasteiger partial charge < -0.3 is 14.3 Å². The molecule has 0 aliphatic heterocycles. The molecule has 0 saturated heterocycles. The first kappa shape index (κ1) is 17.5. The van der Waals surface area contributed by atoms with Crippen molar-refractivity contribution in [1.82, 2.24) is 0 Å². The van der Waals surface area contributed by atoms with Crippen molar-refractivity contribution in [2.45, 2.75) is 58.3 Å². The number of carbonyl (C=O) groups is 1. The number of aldehydes is 1. The predicted molar refractivity (Wildman–Crippen MR) is 86.6 cm³/mol. The number of hydrogen-bond acceptors (Lipinski definition) is 3. The molecule has 0 bridgehead atoms. The van der Waals surface area contributed by atoms with E-state index in [2.05, 4.69) is 26.8 Å². The Hall–Kier alpha value is -1.51. The van der Waals surface area contributed by atoms with Gasteiger partial charge in [-0.2, -0.15) is 0 Å². The number of hydrogen-bond donors (Lipinski definition) is 0. The van der Waals surface area contributed by atoms with Gasteiger partial charge in [0.25, 0.3) is 0 Å². The van der Waals surface area contributed by atoms with Gasteiger partial charge in [0, 0.05) is 23.0 Å². The largest absolute Gasteiger partial charge is 0.496 e. The van der Waals surface area contributed by atoms with Crippen LogP contribution in [0.5, 0.6) is 11.5 Å². The Balaban J connectivity index is 3.54. The van der Waals surface area contributed by atoms with Crippen LogP contribution in [0.15, 0.2) is 12.1 Å². The summed E-state index contributed by atoms with van der Waals surface area (Å²) in [5, 5.41) is 0. The molecule has 0 spiro atoms. The molecule has 1 aromatic carbocycles. The minimum absolute atomic E-state index is 0.00591. The summed E-state index contributed by atoms with van der Waals surface area (Å²) in [4.78, 5) is 10.9. The molecular weight excluding hydrogens is 264 g/mol. The SMILES string of the molecule is CCC(C)(C)c1cc(OC)c(C(C)(C)CC=O)cc1OC. The van der Waals surface area contributed by atoms with Gasteiger partial charge >= 0.3 is 0 Å². The average molecular weight is 292 g/mol. The van der Waals surface area contributed by atoms with Crippen molar-refractivity contribution in [1.29, 1.82) is 0 Å². The van der Waals surface area contributed by atoms with E-state index in [-0.39, 0.29) is 10.8 Å². The first-order valence-corrected chi connectivity index (χ1v) is 7.44. The molecule has 0 aliphatic rings. The van der Waals surface area contributed by atoms with Gasteiger partial charge in [-0.15, -0.1) is 0 Å². The molecule has 0 saturated carbocycles. The number of ether oxygens (including phenoxy) is 2. The van der Waals surface area contributed by atoms with Gasteiger partial charge in [0.05, 0.1) is 14.2 Å². The lowest BCUT2D eigenvalue weighted by molar-refractivity contribution is -0.108. The van der Waals surface area contributed by atoms with Gasteiger partial charge in [0.2, 0.25) is 0 Å². The number of methoxy groups -OCH3 is 2. The Morgan fingerprint density at radius 1 is 0.952 bits per heavy atom. The normalized spacial score (nSPS) is 12.1. The van der Waals surface area contributed by atoms with E-state index >= 15 is 0 Å². The van der Waals surface area contributed by atoms with Crippen LogP contribution in [0.2, 0.25) is 0 Å². The monoisotopic (exact) mass is 292 g/mol. The zero-order chi connectivity index (χ0) is 16.3. The van der Waals surface area contributed by atoms with E-state index in [1.165, 1.54) is 0 Å². The summed E-state index contributed by atoms with van der Waals surface area (Å²) in [5.74, 6) is 1.68. The molecule has 1 aromatic rings. The fraction of sp³-hybridized carbons (Fsp3) is 0.611. The molecule has 1 rings (SSSR count). The van der Waals surface area contributed by atoms with E-state index in [4.69, 9.17) is 9.47 Å². The number of carbonyl (C=O) groups excluding carboxylic acids is 1. The second-order valence-corrected chi connectivity index (χ2v) is 6.74. The average Bonchev–Trinajstić information content (AvgIpc) is 2.45. The van der Waals surface area contributed by atoms with Gasteiger partial charge in [-0.05, 0) is 24.0 Å². The molecule has 3 heteroatoms. The predicted octanol–water partition coefficient (Wildman–Crippen LogP) is 4.26. The maximum atomic E-state index is 10.9. The van der Waals surface area contributed by atoms with E-state index in [0.29, 0.717) is 6.42 Å². The van der Waals surface area contributed by atoms with E-state index in [1.807, 2.05) is 19.9 Å². The maximum absolute atomic E-state index is 10.9. The Morgan fingerprint density at radius 3 is 1.71 bits per heavy atom. The van der Waals surface area contributed by atoms with Crippen molar-refractivity contribution in [3.05, 3.63) is 23.3 Å². The quantitative estimate of drug-likeness (QED) is 0.704. The standard InChI is InChI=1S/C18H28O3/c1-8-17(2,3)13-11-16(21-7)14(12-15(13)20-6)18(4,5)9-10-19/h10-12H,8-9H2,1-7H3. The second kappa shape index (κ2) is 6.50. The highest BCUT2D eigenvalue weighted by molar-refractivity contribution is 5.57. The summed E-state index contributed by atoms with van der Waals surface area (Å²) in [6.07, 6.45) is 2.41. The molecule has 0 aliphatic carbocycles. The van der Waals surface area contributed by atoms with Crippen molar-refractivity contribution in [3.63, 3.8) is 0 Å². The van der Waals surface area contributed by atoms with Crippen LogP contribution in [-0.4, -0.2) is 20.5 Å². The van der Waals surface area contributed by atoms with E-state index in [9.17, 15) is 4.79 Å². The molecule has 21 heavy (non-hydrogen) atoms. The third kappa shape index (κ3) is 3.58. The van der Waals surface area contributed by atoms with Crippen LogP contribution >= 0.6 is 0 Å². The fourth-order valence-electron chi connectivity index (χ4n) is 2.46. The van der Waals surface area contributed by atoms with Crippen LogP contribution in [0.4, 0.5) is 0 Å². The summed E-state index contributed by atoms with van der Waals surface area (Å²) < 4.78 is 11.2. The molecular formula is C18H28O3. The molecule has 0 heterocycles. The van der Waals surface area contributed by atoms with E-state index in [0.717, 1.165) is 35.3 Å². The second-order valence-electron chi connectivity index (χ2n) is 6.74. The van der Waals surface area contributed by atoms with Crippen molar-refractivity contribution in [3.8, 4) is 11.5 Å². The highest BCUT2D eigenvalue weighted by atomic mass is 16.5. The van der Waals surface area contributed by atoms with Gasteiger partial charge in [0.1, 0.15) is 17.8 Å². The minimum Gasteiger partial charge on any atom is -0.496 e. The van der Waals surface area contributed by atoms with Crippen LogP contribution in [0.1, 0.15) is 58.6 Å². The van der Waals surface area contributed by atoms with Crippen molar-refractivity contribution >= 4 is 6.29 Å². The van der Waals surface area contributed by atoms with E-state index < -0.39 is 0 Å². The molecule has 0 atom stereocenters.